The van der Waals surface area contributed by atoms with Gasteiger partial charge in [0.15, 0.2) is 5.96 Å². The van der Waals surface area contributed by atoms with E-state index in [2.05, 4.69) is 39.6 Å². The van der Waals surface area contributed by atoms with Gasteiger partial charge < -0.3 is 20.3 Å². The fraction of sp³-hybridized carbons (Fsp3) is 0.650. The van der Waals surface area contributed by atoms with Crippen LogP contribution in [0.4, 0.5) is 0 Å². The molecule has 0 bridgehead atoms. The summed E-state index contributed by atoms with van der Waals surface area (Å²) in [4.78, 5) is 6.92. The highest BCUT2D eigenvalue weighted by Crippen LogP contribution is 2.16. The van der Waals surface area contributed by atoms with Gasteiger partial charge in [-0.15, -0.1) is 0 Å². The highest BCUT2D eigenvalue weighted by molar-refractivity contribution is 5.79. The van der Waals surface area contributed by atoms with Gasteiger partial charge in [0.1, 0.15) is 5.75 Å². The number of methoxy groups -OCH3 is 1. The van der Waals surface area contributed by atoms with E-state index >= 15 is 0 Å². The Labute approximate surface area is 152 Å². The maximum Gasteiger partial charge on any atom is 0.190 e. The van der Waals surface area contributed by atoms with E-state index < -0.39 is 0 Å². The lowest BCUT2D eigenvalue weighted by molar-refractivity contribution is 0.159. The predicted molar refractivity (Wildman–Crippen MR) is 106 cm³/mol. The number of likely N-dealkylation sites (tertiary alicyclic amines) is 1. The second kappa shape index (κ2) is 11.0. The van der Waals surface area contributed by atoms with Crippen molar-refractivity contribution in [1.82, 2.24) is 15.5 Å². The van der Waals surface area contributed by atoms with Crippen molar-refractivity contribution in [1.29, 1.82) is 0 Å². The number of ether oxygens (including phenoxy) is 1. The fourth-order valence-electron chi connectivity index (χ4n) is 3.32. The molecule has 5 nitrogen and oxygen atoms in total. The molecule has 1 unspecified atom stereocenters. The fourth-order valence-corrected chi connectivity index (χ4v) is 3.32. The Bertz CT molecular complexity index is 515. The van der Waals surface area contributed by atoms with Crippen LogP contribution in [0, 0.1) is 0 Å². The summed E-state index contributed by atoms with van der Waals surface area (Å²) in [6.07, 6.45) is 6.22. The zero-order chi connectivity index (χ0) is 17.9. The molecule has 2 N–H and O–H groups in total. The lowest BCUT2D eigenvalue weighted by Crippen LogP contribution is -2.41. The van der Waals surface area contributed by atoms with Gasteiger partial charge in [0.2, 0.25) is 0 Å². The molecule has 0 aromatic heterocycles. The standard InChI is InChI=1S/C20H34N4O/c1-17-7-4-5-15-24(17)16-6-13-22-20(21-2)23-14-12-18-8-10-19(25-3)11-9-18/h8-11,17H,4-7,12-16H2,1-3H3,(H2,21,22,23). The predicted octanol–water partition coefficient (Wildman–Crippen LogP) is 2.67. The summed E-state index contributed by atoms with van der Waals surface area (Å²) in [6, 6.07) is 8.97. The molecule has 2 rings (SSSR count). The normalized spacial score (nSPS) is 18.8. The molecule has 1 atom stereocenters. The number of hydrogen-bond acceptors (Lipinski definition) is 3. The van der Waals surface area contributed by atoms with E-state index in [1.54, 1.807) is 7.11 Å². The summed E-state index contributed by atoms with van der Waals surface area (Å²) in [7, 11) is 3.52. The van der Waals surface area contributed by atoms with Gasteiger partial charge >= 0.3 is 0 Å². The molecule has 1 heterocycles. The van der Waals surface area contributed by atoms with Gasteiger partial charge in [-0.2, -0.15) is 0 Å². The van der Waals surface area contributed by atoms with Crippen molar-refractivity contribution < 1.29 is 4.74 Å². The van der Waals surface area contributed by atoms with Gasteiger partial charge in [0, 0.05) is 32.7 Å². The third-order valence-corrected chi connectivity index (χ3v) is 4.94. The van der Waals surface area contributed by atoms with Crippen molar-refractivity contribution in [3.8, 4) is 5.75 Å². The van der Waals surface area contributed by atoms with E-state index in [0.29, 0.717) is 0 Å². The second-order valence-electron chi connectivity index (χ2n) is 6.76. The summed E-state index contributed by atoms with van der Waals surface area (Å²) in [5, 5.41) is 6.81. The first-order valence-corrected chi connectivity index (χ1v) is 9.54. The molecule has 25 heavy (non-hydrogen) atoms. The van der Waals surface area contributed by atoms with E-state index in [1.165, 1.54) is 37.9 Å². The van der Waals surface area contributed by atoms with Crippen LogP contribution in [-0.4, -0.2) is 57.2 Å². The van der Waals surface area contributed by atoms with Crippen LogP contribution in [0.25, 0.3) is 0 Å². The maximum absolute atomic E-state index is 5.19. The van der Waals surface area contributed by atoms with Crippen molar-refractivity contribution in [3.05, 3.63) is 29.8 Å². The third-order valence-electron chi connectivity index (χ3n) is 4.94. The van der Waals surface area contributed by atoms with Crippen LogP contribution >= 0.6 is 0 Å². The number of hydrogen-bond donors (Lipinski definition) is 2. The molecule has 0 radical (unpaired) electrons. The van der Waals surface area contributed by atoms with Gasteiger partial charge in [0.25, 0.3) is 0 Å². The Morgan fingerprint density at radius 3 is 2.64 bits per heavy atom. The molecule has 1 aromatic carbocycles. The summed E-state index contributed by atoms with van der Waals surface area (Å²) in [5.41, 5.74) is 1.29. The van der Waals surface area contributed by atoms with Gasteiger partial charge in [-0.25, -0.2) is 0 Å². The number of nitrogens with one attached hydrogen (secondary N) is 2. The van der Waals surface area contributed by atoms with Crippen LogP contribution in [0.2, 0.25) is 0 Å². The molecule has 140 valence electrons. The summed E-state index contributed by atoms with van der Waals surface area (Å²) in [6.45, 7) is 6.62. The highest BCUT2D eigenvalue weighted by atomic mass is 16.5. The Balaban J connectivity index is 1.60. The average molecular weight is 347 g/mol. The van der Waals surface area contributed by atoms with Gasteiger partial charge in [-0.05, 0) is 56.8 Å². The second-order valence-corrected chi connectivity index (χ2v) is 6.76. The highest BCUT2D eigenvalue weighted by Gasteiger charge is 2.17. The Morgan fingerprint density at radius 1 is 1.20 bits per heavy atom. The molecule has 1 aliphatic heterocycles. The molecule has 0 saturated carbocycles. The van der Waals surface area contributed by atoms with Crippen molar-refractivity contribution >= 4 is 5.96 Å². The van der Waals surface area contributed by atoms with Gasteiger partial charge in [-0.1, -0.05) is 18.6 Å². The van der Waals surface area contributed by atoms with Crippen LogP contribution in [0.1, 0.15) is 38.2 Å². The Kier molecular flexibility index (Phi) is 8.60. The minimum atomic E-state index is 0.746. The van der Waals surface area contributed by atoms with Crippen LogP contribution < -0.4 is 15.4 Å². The molecule has 0 amide bonds. The Hall–Kier alpha value is -1.75. The lowest BCUT2D eigenvalue weighted by Gasteiger charge is -2.33. The van der Waals surface area contributed by atoms with Crippen LogP contribution in [0.15, 0.2) is 29.3 Å². The minimum absolute atomic E-state index is 0.746. The lowest BCUT2D eigenvalue weighted by atomic mass is 10.0. The minimum Gasteiger partial charge on any atom is -0.497 e. The molecular weight excluding hydrogens is 312 g/mol. The number of piperidine rings is 1. The van der Waals surface area contributed by atoms with E-state index in [-0.39, 0.29) is 0 Å². The molecule has 0 aliphatic carbocycles. The number of rotatable bonds is 8. The molecular formula is C20H34N4O. The van der Waals surface area contributed by atoms with Crippen LogP contribution in [0.5, 0.6) is 5.75 Å². The van der Waals surface area contributed by atoms with Crippen molar-refractivity contribution in [2.75, 3.05) is 40.3 Å². The summed E-state index contributed by atoms with van der Waals surface area (Å²) >= 11 is 0. The molecule has 1 fully saturated rings. The smallest absolute Gasteiger partial charge is 0.190 e. The number of benzene rings is 1. The number of nitrogens with zero attached hydrogens (tertiary/aromatic N) is 2. The third kappa shape index (κ3) is 6.94. The molecule has 0 spiro atoms. The number of guanidine groups is 1. The zero-order valence-electron chi connectivity index (χ0n) is 16.1. The molecule has 1 saturated heterocycles. The van der Waals surface area contributed by atoms with Crippen LogP contribution in [0.3, 0.4) is 0 Å². The molecule has 1 aromatic rings. The van der Waals surface area contributed by atoms with Gasteiger partial charge in [-0.3, -0.25) is 4.99 Å². The van der Waals surface area contributed by atoms with Crippen LogP contribution in [-0.2, 0) is 6.42 Å². The first kappa shape index (κ1) is 19.6. The SMILES string of the molecule is CN=C(NCCCN1CCCCC1C)NCCc1ccc(OC)cc1. The molecule has 1 aliphatic rings. The van der Waals surface area contributed by atoms with Crippen molar-refractivity contribution in [2.45, 2.75) is 45.1 Å². The Morgan fingerprint density at radius 2 is 1.96 bits per heavy atom. The average Bonchev–Trinajstić information content (AvgIpc) is 2.65. The van der Waals surface area contributed by atoms with Crippen molar-refractivity contribution in [2.24, 2.45) is 4.99 Å². The monoisotopic (exact) mass is 346 g/mol. The van der Waals surface area contributed by atoms with E-state index in [4.69, 9.17) is 4.74 Å². The quantitative estimate of drug-likeness (QED) is 0.432. The van der Waals surface area contributed by atoms with Crippen molar-refractivity contribution in [3.63, 3.8) is 0 Å². The maximum atomic E-state index is 5.19. The summed E-state index contributed by atoms with van der Waals surface area (Å²) < 4.78 is 5.19. The number of aliphatic imine (C=N–C) groups is 1. The van der Waals surface area contributed by atoms with Gasteiger partial charge in [0.05, 0.1) is 7.11 Å². The first-order valence-electron chi connectivity index (χ1n) is 9.54. The largest absolute Gasteiger partial charge is 0.497 e. The van der Waals surface area contributed by atoms with E-state index in [9.17, 15) is 0 Å². The van der Waals surface area contributed by atoms with E-state index in [1.807, 2.05) is 19.2 Å². The topological polar surface area (TPSA) is 48.9 Å². The summed E-state index contributed by atoms with van der Waals surface area (Å²) in [5.74, 6) is 1.79. The molecule has 5 heteroatoms. The zero-order valence-corrected chi connectivity index (χ0v) is 16.1. The first-order chi connectivity index (χ1) is 12.2. The van der Waals surface area contributed by atoms with E-state index in [0.717, 1.165) is 43.7 Å².